The van der Waals surface area contributed by atoms with Crippen LogP contribution in [0.25, 0.3) is 0 Å². The SMILES string of the molecule is CCCS(=O)(=O)CCCCC(Cl)CC. The van der Waals surface area contributed by atoms with E-state index in [1.807, 2.05) is 13.8 Å². The van der Waals surface area contributed by atoms with Gasteiger partial charge in [0.25, 0.3) is 0 Å². The Hall–Kier alpha value is 0.240. The molecular weight excluding hydrogens is 220 g/mol. The molecule has 0 aliphatic heterocycles. The molecule has 0 aromatic rings. The maximum absolute atomic E-state index is 11.3. The standard InChI is InChI=1S/C10H21ClO2S/c1-3-8-14(12,13)9-6-5-7-10(11)4-2/h10H,3-9H2,1-2H3. The van der Waals surface area contributed by atoms with Crippen molar-refractivity contribution >= 4 is 21.4 Å². The minimum atomic E-state index is -2.78. The summed E-state index contributed by atoms with van der Waals surface area (Å²) < 4.78 is 22.6. The van der Waals surface area contributed by atoms with Crippen LogP contribution in [0.3, 0.4) is 0 Å². The average Bonchev–Trinajstić information content (AvgIpc) is 2.12. The molecule has 14 heavy (non-hydrogen) atoms. The van der Waals surface area contributed by atoms with Gasteiger partial charge in [0, 0.05) is 11.1 Å². The van der Waals surface area contributed by atoms with Gasteiger partial charge in [-0.25, -0.2) is 8.42 Å². The molecule has 0 bridgehead atoms. The summed E-state index contributed by atoms with van der Waals surface area (Å²) in [6.07, 6.45) is 4.29. The molecule has 0 aliphatic rings. The number of rotatable bonds is 8. The van der Waals surface area contributed by atoms with Gasteiger partial charge in [0.15, 0.2) is 0 Å². The van der Waals surface area contributed by atoms with E-state index < -0.39 is 9.84 Å². The first-order valence-electron chi connectivity index (χ1n) is 5.36. The normalized spacial score (nSPS) is 14.2. The van der Waals surface area contributed by atoms with Crippen LogP contribution in [0.1, 0.15) is 46.0 Å². The molecule has 4 heteroatoms. The van der Waals surface area contributed by atoms with Crippen LogP contribution in [0.4, 0.5) is 0 Å². The maximum atomic E-state index is 11.3. The second-order valence-corrected chi connectivity index (χ2v) is 6.57. The summed E-state index contributed by atoms with van der Waals surface area (Å²) in [6.45, 7) is 3.94. The first-order chi connectivity index (χ1) is 6.52. The Bertz CT molecular complexity index is 224. The van der Waals surface area contributed by atoms with E-state index in [0.29, 0.717) is 11.5 Å². The summed E-state index contributed by atoms with van der Waals surface area (Å²) in [6, 6.07) is 0. The third kappa shape index (κ3) is 7.63. The van der Waals surface area contributed by atoms with E-state index in [2.05, 4.69) is 0 Å². The lowest BCUT2D eigenvalue weighted by Gasteiger charge is -2.06. The second kappa shape index (κ2) is 7.52. The first-order valence-corrected chi connectivity index (χ1v) is 7.62. The van der Waals surface area contributed by atoms with Crippen LogP contribution in [-0.4, -0.2) is 25.3 Å². The second-order valence-electron chi connectivity index (χ2n) is 3.65. The number of hydrogen-bond acceptors (Lipinski definition) is 2. The van der Waals surface area contributed by atoms with Gasteiger partial charge < -0.3 is 0 Å². The predicted octanol–water partition coefficient (Wildman–Crippen LogP) is 3.00. The Morgan fingerprint density at radius 1 is 1.14 bits per heavy atom. The number of alkyl halides is 1. The van der Waals surface area contributed by atoms with Crippen molar-refractivity contribution in [1.29, 1.82) is 0 Å². The van der Waals surface area contributed by atoms with Gasteiger partial charge in [-0.15, -0.1) is 11.6 Å². The average molecular weight is 241 g/mol. The third-order valence-electron chi connectivity index (χ3n) is 2.18. The Balaban J connectivity index is 3.54. The van der Waals surface area contributed by atoms with Crippen molar-refractivity contribution in [3.63, 3.8) is 0 Å². The van der Waals surface area contributed by atoms with E-state index >= 15 is 0 Å². The van der Waals surface area contributed by atoms with E-state index in [0.717, 1.165) is 32.1 Å². The molecule has 0 N–H and O–H groups in total. The van der Waals surface area contributed by atoms with Gasteiger partial charge in [-0.3, -0.25) is 0 Å². The highest BCUT2D eigenvalue weighted by atomic mass is 35.5. The quantitative estimate of drug-likeness (QED) is 0.483. The Morgan fingerprint density at radius 3 is 2.29 bits per heavy atom. The molecule has 0 fully saturated rings. The van der Waals surface area contributed by atoms with Crippen LogP contribution < -0.4 is 0 Å². The van der Waals surface area contributed by atoms with Crippen LogP contribution in [0.15, 0.2) is 0 Å². The Labute approximate surface area is 93.0 Å². The van der Waals surface area contributed by atoms with Crippen LogP contribution in [0, 0.1) is 0 Å². The summed E-state index contributed by atoms with van der Waals surface area (Å²) in [5.41, 5.74) is 0. The summed E-state index contributed by atoms with van der Waals surface area (Å²) in [5.74, 6) is 0.652. The summed E-state index contributed by atoms with van der Waals surface area (Å²) >= 11 is 5.93. The van der Waals surface area contributed by atoms with Gasteiger partial charge in [-0.05, 0) is 25.7 Å². The van der Waals surface area contributed by atoms with Crippen molar-refractivity contribution in [2.75, 3.05) is 11.5 Å². The minimum absolute atomic E-state index is 0.212. The van der Waals surface area contributed by atoms with Crippen molar-refractivity contribution in [2.45, 2.75) is 51.3 Å². The molecule has 2 nitrogen and oxygen atoms in total. The molecule has 1 atom stereocenters. The van der Waals surface area contributed by atoms with E-state index in [4.69, 9.17) is 11.6 Å². The van der Waals surface area contributed by atoms with E-state index in [1.165, 1.54) is 0 Å². The predicted molar refractivity (Wildman–Crippen MR) is 62.7 cm³/mol. The molecule has 0 amide bonds. The van der Waals surface area contributed by atoms with Crippen molar-refractivity contribution in [1.82, 2.24) is 0 Å². The molecule has 1 unspecified atom stereocenters. The van der Waals surface area contributed by atoms with E-state index in [-0.39, 0.29) is 5.38 Å². The summed E-state index contributed by atoms with van der Waals surface area (Å²) in [5, 5.41) is 0.212. The topological polar surface area (TPSA) is 34.1 Å². The van der Waals surface area contributed by atoms with Gasteiger partial charge >= 0.3 is 0 Å². The number of sulfone groups is 1. The largest absolute Gasteiger partial charge is 0.229 e. The zero-order valence-electron chi connectivity index (χ0n) is 9.13. The molecule has 86 valence electrons. The van der Waals surface area contributed by atoms with Crippen LogP contribution in [-0.2, 0) is 9.84 Å². The zero-order chi connectivity index (χ0) is 11.0. The molecule has 0 saturated heterocycles. The van der Waals surface area contributed by atoms with E-state index in [1.54, 1.807) is 0 Å². The number of unbranched alkanes of at least 4 members (excludes halogenated alkanes) is 1. The highest BCUT2D eigenvalue weighted by Crippen LogP contribution is 2.11. The zero-order valence-corrected chi connectivity index (χ0v) is 10.7. The minimum Gasteiger partial charge on any atom is -0.229 e. The smallest absolute Gasteiger partial charge is 0.150 e. The lowest BCUT2D eigenvalue weighted by atomic mass is 10.2. The molecule has 0 aromatic carbocycles. The van der Waals surface area contributed by atoms with Crippen molar-refractivity contribution < 1.29 is 8.42 Å². The maximum Gasteiger partial charge on any atom is 0.150 e. The monoisotopic (exact) mass is 240 g/mol. The highest BCUT2D eigenvalue weighted by Gasteiger charge is 2.09. The lowest BCUT2D eigenvalue weighted by molar-refractivity contribution is 0.586. The van der Waals surface area contributed by atoms with Crippen LogP contribution in [0.2, 0.25) is 0 Å². The fraction of sp³-hybridized carbons (Fsp3) is 1.00. The lowest BCUT2D eigenvalue weighted by Crippen LogP contribution is -2.10. The van der Waals surface area contributed by atoms with Crippen LogP contribution in [0.5, 0.6) is 0 Å². The molecule has 0 heterocycles. The van der Waals surface area contributed by atoms with Gasteiger partial charge in [-0.2, -0.15) is 0 Å². The first kappa shape index (κ1) is 14.2. The molecule has 0 radical (unpaired) electrons. The van der Waals surface area contributed by atoms with Crippen molar-refractivity contribution in [3.8, 4) is 0 Å². The van der Waals surface area contributed by atoms with Crippen molar-refractivity contribution in [2.24, 2.45) is 0 Å². The summed E-state index contributed by atoms with van der Waals surface area (Å²) in [4.78, 5) is 0. The molecular formula is C10H21ClO2S. The number of hydrogen-bond donors (Lipinski definition) is 0. The Kier molecular flexibility index (Phi) is 7.65. The third-order valence-corrected chi connectivity index (χ3v) is 4.65. The van der Waals surface area contributed by atoms with Gasteiger partial charge in [-0.1, -0.05) is 20.3 Å². The molecule has 0 saturated carbocycles. The van der Waals surface area contributed by atoms with Gasteiger partial charge in [0.2, 0.25) is 0 Å². The fourth-order valence-electron chi connectivity index (χ4n) is 1.30. The molecule has 0 aliphatic carbocycles. The summed E-state index contributed by atoms with van der Waals surface area (Å²) in [7, 11) is -2.78. The van der Waals surface area contributed by atoms with Gasteiger partial charge in [0.1, 0.15) is 9.84 Å². The molecule has 0 spiro atoms. The Morgan fingerprint density at radius 2 is 1.79 bits per heavy atom. The van der Waals surface area contributed by atoms with Crippen molar-refractivity contribution in [3.05, 3.63) is 0 Å². The van der Waals surface area contributed by atoms with Gasteiger partial charge in [0.05, 0.1) is 5.75 Å². The van der Waals surface area contributed by atoms with Crippen LogP contribution >= 0.6 is 11.6 Å². The highest BCUT2D eigenvalue weighted by molar-refractivity contribution is 7.91. The number of halogens is 1. The fourth-order valence-corrected chi connectivity index (χ4v) is 2.93. The van der Waals surface area contributed by atoms with E-state index in [9.17, 15) is 8.42 Å². The molecule has 0 aromatic heterocycles. The molecule has 0 rings (SSSR count).